The van der Waals surface area contributed by atoms with Crippen molar-refractivity contribution in [2.45, 2.75) is 110 Å². The third-order valence-corrected chi connectivity index (χ3v) is 17.9. The lowest BCUT2D eigenvalue weighted by Gasteiger charge is -2.52. The van der Waals surface area contributed by atoms with Crippen molar-refractivity contribution in [2.24, 2.45) is 28.6 Å². The molecule has 1 N–H and O–H groups in total. The molecule has 6 rings (SSSR count). The Morgan fingerprint density at radius 1 is 0.982 bits per heavy atom. The highest BCUT2D eigenvalue weighted by Gasteiger charge is 2.69. The van der Waals surface area contributed by atoms with Gasteiger partial charge in [0, 0.05) is 50.0 Å². The Bertz CT molecular complexity index is 1880. The third kappa shape index (κ3) is 7.38. The lowest BCUT2D eigenvalue weighted by atomic mass is 9.50. The molecular formula is C45H56O11Si. The van der Waals surface area contributed by atoms with Crippen LogP contribution in [0.2, 0.25) is 5.04 Å². The van der Waals surface area contributed by atoms with Gasteiger partial charge in [0.05, 0.1) is 17.8 Å². The summed E-state index contributed by atoms with van der Waals surface area (Å²) in [5.41, 5.74) is -3.38. The van der Waals surface area contributed by atoms with Crippen LogP contribution in [-0.4, -0.2) is 80.5 Å². The molecule has 0 aromatic heterocycles. The average Bonchev–Trinajstić information content (AvgIpc) is 3.62. The van der Waals surface area contributed by atoms with Crippen molar-refractivity contribution >= 4 is 48.5 Å². The molecule has 1 heterocycles. The van der Waals surface area contributed by atoms with E-state index in [9.17, 15) is 29.1 Å². The molecule has 11 nitrogen and oxygen atoms in total. The first-order chi connectivity index (χ1) is 26.9. The summed E-state index contributed by atoms with van der Waals surface area (Å²) in [6.45, 7) is 16.6. The molecule has 2 saturated carbocycles. The van der Waals surface area contributed by atoms with E-state index >= 15 is 0 Å². The molecule has 3 fully saturated rings. The minimum Gasteiger partial charge on any atom is -0.512 e. The number of ether oxygens (including phenoxy) is 4. The number of hydrogen-bond donors (Lipinski definition) is 1. The quantitative estimate of drug-likeness (QED) is 0.0871. The molecule has 2 aromatic carbocycles. The van der Waals surface area contributed by atoms with Crippen LogP contribution in [0.25, 0.3) is 0 Å². The topological polar surface area (TPSA) is 152 Å². The van der Waals surface area contributed by atoms with Gasteiger partial charge in [-0.25, -0.2) is 4.79 Å². The van der Waals surface area contributed by atoms with Crippen LogP contribution in [0.5, 0.6) is 0 Å². The lowest BCUT2D eigenvalue weighted by Crippen LogP contribution is -2.67. The highest BCUT2D eigenvalue weighted by molar-refractivity contribution is 6.99. The van der Waals surface area contributed by atoms with E-state index in [2.05, 4.69) is 51.6 Å². The second kappa shape index (κ2) is 15.8. The van der Waals surface area contributed by atoms with Crippen molar-refractivity contribution in [2.75, 3.05) is 13.2 Å². The Morgan fingerprint density at radius 3 is 2.14 bits per heavy atom. The van der Waals surface area contributed by atoms with Crippen molar-refractivity contribution in [1.29, 1.82) is 0 Å². The first kappa shape index (κ1) is 42.4. The number of esters is 2. The van der Waals surface area contributed by atoms with Gasteiger partial charge >= 0.3 is 11.9 Å². The summed E-state index contributed by atoms with van der Waals surface area (Å²) in [4.78, 5) is 69.2. The summed E-state index contributed by atoms with van der Waals surface area (Å²) in [6.07, 6.45) is -1.02. The number of fused-ring (bicyclic) bond motifs is 3. The monoisotopic (exact) mass is 800 g/mol. The molecule has 57 heavy (non-hydrogen) atoms. The molecule has 8 atom stereocenters. The van der Waals surface area contributed by atoms with E-state index in [0.717, 1.165) is 10.4 Å². The van der Waals surface area contributed by atoms with Crippen LogP contribution < -0.4 is 10.4 Å². The lowest BCUT2D eigenvalue weighted by molar-refractivity contribution is -0.177. The second-order valence-corrected chi connectivity index (χ2v) is 22.1. The van der Waals surface area contributed by atoms with Crippen LogP contribution >= 0.6 is 0 Å². The Balaban J connectivity index is 1.42. The normalized spacial score (nSPS) is 30.3. The Hall–Kier alpha value is -4.23. The number of aldehydes is 1. The van der Waals surface area contributed by atoms with E-state index in [1.54, 1.807) is 13.8 Å². The molecule has 3 aliphatic carbocycles. The molecule has 4 aliphatic rings. The minimum absolute atomic E-state index is 0.0546. The van der Waals surface area contributed by atoms with Crippen LogP contribution in [0.15, 0.2) is 84.7 Å². The van der Waals surface area contributed by atoms with Crippen molar-refractivity contribution < 1.29 is 52.5 Å². The smallest absolute Gasteiger partial charge is 0.338 e. The summed E-state index contributed by atoms with van der Waals surface area (Å²) in [7, 11) is -3.01. The number of aliphatic hydroxyl groups is 1. The van der Waals surface area contributed by atoms with Crippen molar-refractivity contribution in [3.8, 4) is 0 Å². The number of carbonyl (C=O) groups is 5. The summed E-state index contributed by atoms with van der Waals surface area (Å²) in [5, 5.41) is 13.6. The van der Waals surface area contributed by atoms with Gasteiger partial charge in [0.25, 0.3) is 8.32 Å². The number of ketones is 2. The van der Waals surface area contributed by atoms with Crippen LogP contribution in [0, 0.1) is 28.6 Å². The molecule has 0 unspecified atom stereocenters. The second-order valence-electron chi connectivity index (χ2n) is 17.8. The van der Waals surface area contributed by atoms with E-state index < -0.39 is 78.6 Å². The summed E-state index contributed by atoms with van der Waals surface area (Å²) in [6, 6.07) is 20.4. The van der Waals surface area contributed by atoms with Gasteiger partial charge in [-0.05, 0) is 48.0 Å². The van der Waals surface area contributed by atoms with Crippen LogP contribution in [0.4, 0.5) is 0 Å². The standard InChI is InChI=1S/C45H56O11Si/c1-9-22-52-41(51)38-33(48)23-32(45(27-46)37(50)24-34-40(39(38)45)56-43(6,7)55-34)35(54-28(2)47)25-44(8)29(20-21-36(44)49)26-53-57(42(3,4)5,30-16-12-10-13-17-30)31-18-14-11-15-19-31/h9-19,27,29,32,34-35,39-40,48H,1,20-26H2,2-8H3/t29-,32-,34+,35-,39-,40+,44-,45+/m1/s1. The number of Topliss-reactive ketones (excluding diaryl/α,β-unsaturated/α-hetero) is 2. The van der Waals surface area contributed by atoms with E-state index in [0.29, 0.717) is 12.7 Å². The number of allylic oxidation sites excluding steroid dienone is 1. The maximum atomic E-state index is 14.6. The number of carbonyl (C=O) groups excluding carboxylic acids is 5. The van der Waals surface area contributed by atoms with Crippen molar-refractivity contribution in [3.05, 3.63) is 84.7 Å². The first-order valence-electron chi connectivity index (χ1n) is 19.9. The molecule has 2 aromatic rings. The van der Waals surface area contributed by atoms with Crippen LogP contribution in [0.1, 0.15) is 80.6 Å². The summed E-state index contributed by atoms with van der Waals surface area (Å²) < 4.78 is 31.2. The summed E-state index contributed by atoms with van der Waals surface area (Å²) >= 11 is 0. The predicted octanol–water partition coefficient (Wildman–Crippen LogP) is 5.73. The molecule has 1 saturated heterocycles. The Labute approximate surface area is 336 Å². The molecule has 0 bridgehead atoms. The maximum Gasteiger partial charge on any atom is 0.338 e. The fourth-order valence-electron chi connectivity index (χ4n) is 10.3. The molecule has 306 valence electrons. The Kier molecular flexibility index (Phi) is 11.8. The van der Waals surface area contributed by atoms with E-state index in [1.807, 2.05) is 43.3 Å². The first-order valence-corrected chi connectivity index (χ1v) is 21.8. The van der Waals surface area contributed by atoms with Gasteiger partial charge in [-0.3, -0.25) is 14.4 Å². The third-order valence-electron chi connectivity index (χ3n) is 12.9. The fraction of sp³-hybridized carbons (Fsp3) is 0.533. The van der Waals surface area contributed by atoms with Crippen molar-refractivity contribution in [3.63, 3.8) is 0 Å². The van der Waals surface area contributed by atoms with Gasteiger partial charge < -0.3 is 33.3 Å². The predicted molar refractivity (Wildman–Crippen MR) is 214 cm³/mol. The van der Waals surface area contributed by atoms with Gasteiger partial charge in [-0.2, -0.15) is 0 Å². The number of benzene rings is 2. The zero-order chi connectivity index (χ0) is 41.6. The van der Waals surface area contributed by atoms with E-state index in [1.165, 1.54) is 13.0 Å². The Morgan fingerprint density at radius 2 is 1.60 bits per heavy atom. The van der Waals surface area contributed by atoms with Crippen LogP contribution in [0.3, 0.4) is 0 Å². The van der Waals surface area contributed by atoms with Gasteiger partial charge in [0.2, 0.25) is 0 Å². The molecule has 1 aliphatic heterocycles. The highest BCUT2D eigenvalue weighted by atomic mass is 28.4. The molecular weight excluding hydrogens is 745 g/mol. The van der Waals surface area contributed by atoms with Gasteiger partial charge in [-0.1, -0.05) is 101 Å². The van der Waals surface area contributed by atoms with Gasteiger partial charge in [0.1, 0.15) is 41.7 Å². The zero-order valence-electron chi connectivity index (χ0n) is 34.1. The number of hydrogen-bond acceptors (Lipinski definition) is 11. The van der Waals surface area contributed by atoms with E-state index in [-0.39, 0.29) is 61.2 Å². The number of aliphatic hydroxyl groups excluding tert-OH is 1. The zero-order valence-corrected chi connectivity index (χ0v) is 35.1. The van der Waals surface area contributed by atoms with Crippen molar-refractivity contribution in [1.82, 2.24) is 0 Å². The molecule has 0 spiro atoms. The van der Waals surface area contributed by atoms with Gasteiger partial charge in [0.15, 0.2) is 5.79 Å². The SMILES string of the molecule is C=CCOC(=O)C1=C(O)C[C@H]([C@@H](C[C@@]2(C)C(=O)CC[C@@H]2CO[Si](c2ccccc2)(c2ccccc2)C(C)(C)C)OC(C)=O)[C@@]2(C=O)C(=O)C[C@@H]3OC(C)(C)O[C@@H]3[C@@H]12. The summed E-state index contributed by atoms with van der Waals surface area (Å²) in [5.74, 6) is -6.62. The van der Waals surface area contributed by atoms with E-state index in [4.69, 9.17) is 23.4 Å². The maximum absolute atomic E-state index is 14.6. The highest BCUT2D eigenvalue weighted by Crippen LogP contribution is 2.59. The van der Waals surface area contributed by atoms with Crippen LogP contribution in [-0.2, 0) is 47.3 Å². The number of rotatable bonds is 13. The van der Waals surface area contributed by atoms with Gasteiger partial charge in [-0.15, -0.1) is 0 Å². The minimum atomic E-state index is -3.01. The fourth-order valence-corrected chi connectivity index (χ4v) is 14.9. The molecule has 0 amide bonds. The average molecular weight is 801 g/mol. The molecule has 12 heteroatoms. The molecule has 0 radical (unpaired) electrons. The largest absolute Gasteiger partial charge is 0.512 e.